The fourth-order valence-corrected chi connectivity index (χ4v) is 8.79. The van der Waals surface area contributed by atoms with E-state index in [9.17, 15) is 0 Å². The van der Waals surface area contributed by atoms with E-state index < -0.39 is 6.00 Å². The maximum absolute atomic E-state index is 6.16. The van der Waals surface area contributed by atoms with Crippen LogP contribution in [0, 0.1) is 0 Å². The summed E-state index contributed by atoms with van der Waals surface area (Å²) in [5.41, 5.74) is 12.9. The van der Waals surface area contributed by atoms with Crippen molar-refractivity contribution in [3.8, 4) is 11.1 Å². The zero-order chi connectivity index (χ0) is 23.9. The monoisotopic (exact) mass is 667 g/mol. The predicted octanol–water partition coefficient (Wildman–Crippen LogP) is 3.74. The molecule has 0 N–H and O–H groups in total. The predicted molar refractivity (Wildman–Crippen MR) is 146 cm³/mol. The van der Waals surface area contributed by atoms with E-state index in [1.54, 1.807) is 30.3 Å². The zero-order valence-corrected chi connectivity index (χ0v) is 27.1. The molecular weight excluding hydrogens is 645 g/mol. The number of rotatable bonds is 7. The first kappa shape index (κ1) is 30.2. The van der Waals surface area contributed by atoms with Gasteiger partial charge in [-0.3, -0.25) is 0 Å². The van der Waals surface area contributed by atoms with Gasteiger partial charge in [0.05, 0.1) is 0 Å². The van der Waals surface area contributed by atoms with Gasteiger partial charge in [0.15, 0.2) is 0 Å². The maximum Gasteiger partial charge on any atom is -1.00 e. The molecule has 0 nitrogen and oxygen atoms in total. The van der Waals surface area contributed by atoms with E-state index >= 15 is 0 Å². The van der Waals surface area contributed by atoms with Crippen LogP contribution < -0.4 is 24.8 Å². The summed E-state index contributed by atoms with van der Waals surface area (Å²) < 4.78 is 0.512. The van der Waals surface area contributed by atoms with E-state index in [2.05, 4.69) is 85.8 Å². The summed E-state index contributed by atoms with van der Waals surface area (Å²) in [7, 11) is 0. The second kappa shape index (κ2) is 12.7. The Bertz CT molecular complexity index is 1280. The van der Waals surface area contributed by atoms with Gasteiger partial charge >= 0.3 is 235 Å². The molecule has 5 rings (SSSR count). The van der Waals surface area contributed by atoms with Gasteiger partial charge in [-0.25, -0.2) is 0 Å². The fourth-order valence-electron chi connectivity index (χ4n) is 5.58. The van der Waals surface area contributed by atoms with E-state index in [-0.39, 0.29) is 24.8 Å². The smallest absolute Gasteiger partial charge is 1.00 e. The molecule has 0 saturated heterocycles. The quantitative estimate of drug-likeness (QED) is 0.204. The Morgan fingerprint density at radius 2 is 1.42 bits per heavy atom. The van der Waals surface area contributed by atoms with E-state index in [0.29, 0.717) is 9.54 Å². The molecule has 0 radical (unpaired) electrons. The van der Waals surface area contributed by atoms with E-state index in [0.717, 1.165) is 25.3 Å². The molecule has 0 heterocycles. The Morgan fingerprint density at radius 3 is 2.14 bits per heavy atom. The van der Waals surface area contributed by atoms with Crippen molar-refractivity contribution in [2.75, 3.05) is 0 Å². The largest absolute Gasteiger partial charge is 1.00 e. The third-order valence-corrected chi connectivity index (χ3v) is 11.3. The molecule has 0 aliphatic heterocycles. The number of fused-ring (bicyclic) bond motifs is 2. The maximum atomic E-state index is 6.16. The van der Waals surface area contributed by atoms with Crippen LogP contribution in [0.2, 0.25) is 6.04 Å². The first-order valence-corrected chi connectivity index (χ1v) is 18.5. The van der Waals surface area contributed by atoms with E-state index in [1.807, 2.05) is 0 Å². The van der Waals surface area contributed by atoms with Gasteiger partial charge in [0.2, 0.25) is 0 Å². The van der Waals surface area contributed by atoms with Crippen LogP contribution in [0.15, 0.2) is 83.9 Å². The van der Waals surface area contributed by atoms with Crippen LogP contribution in [0.5, 0.6) is 0 Å². The molecular formula is C29H26Cl5SiZr. The number of halogens is 5. The first-order valence-electron chi connectivity index (χ1n) is 11.8. The number of benzene rings is 3. The van der Waals surface area contributed by atoms with Gasteiger partial charge in [0.1, 0.15) is 0 Å². The molecule has 185 valence electrons. The second-order valence-corrected chi connectivity index (χ2v) is 20.0. The van der Waals surface area contributed by atoms with Gasteiger partial charge in [-0.15, -0.1) is 0 Å². The Labute approximate surface area is 257 Å². The third kappa shape index (κ3) is 6.12. The minimum absolute atomic E-state index is 0. The molecule has 0 saturated carbocycles. The van der Waals surface area contributed by atoms with Crippen LogP contribution in [-0.2, 0) is 24.7 Å². The molecule has 3 aromatic rings. The molecule has 0 fully saturated rings. The summed E-state index contributed by atoms with van der Waals surface area (Å²) in [6, 6.07) is 24.8. The number of hydrogen-bond donors (Lipinski definition) is 0. The SMILES string of the molecule is CC1=Cc2c(-c3ccccc3)cccc2C1C1=C(CCCC[Si](Cl)(Cl)Cl)[CH]([Zr+2])c2ccccc21.[Cl-].[Cl-]. The van der Waals surface area contributed by atoms with Crippen LogP contribution in [0.1, 0.15) is 58.0 Å². The van der Waals surface area contributed by atoms with E-state index in [4.69, 9.17) is 33.2 Å². The average molecular weight is 671 g/mol. The van der Waals surface area contributed by atoms with Crippen LogP contribution in [0.3, 0.4) is 0 Å². The summed E-state index contributed by atoms with van der Waals surface area (Å²) in [5.74, 6) is 0.308. The first-order chi connectivity index (χ1) is 16.3. The molecule has 0 spiro atoms. The van der Waals surface area contributed by atoms with Gasteiger partial charge in [0, 0.05) is 0 Å². The summed E-state index contributed by atoms with van der Waals surface area (Å²) in [6.07, 6.45) is 5.55. The Hall–Kier alpha value is -0.310. The van der Waals surface area contributed by atoms with Crippen molar-refractivity contribution in [3.63, 3.8) is 0 Å². The van der Waals surface area contributed by atoms with Gasteiger partial charge in [0.25, 0.3) is 0 Å². The van der Waals surface area contributed by atoms with Crippen molar-refractivity contribution in [3.05, 3.63) is 106 Å². The van der Waals surface area contributed by atoms with Crippen molar-refractivity contribution in [1.82, 2.24) is 0 Å². The van der Waals surface area contributed by atoms with Crippen molar-refractivity contribution in [1.29, 1.82) is 0 Å². The topological polar surface area (TPSA) is 0 Å². The average Bonchev–Trinajstić information content (AvgIpc) is 3.29. The molecule has 2 aliphatic rings. The summed E-state index contributed by atoms with van der Waals surface area (Å²) >= 11 is 20.0. The summed E-state index contributed by atoms with van der Waals surface area (Å²) in [5, 5.41) is 0. The Balaban J connectivity index is 0.00000180. The van der Waals surface area contributed by atoms with Crippen LogP contribution in [0.25, 0.3) is 22.8 Å². The Morgan fingerprint density at radius 1 is 0.778 bits per heavy atom. The molecule has 2 atom stereocenters. The van der Waals surface area contributed by atoms with Crippen molar-refractivity contribution in [2.24, 2.45) is 0 Å². The number of allylic oxidation sites excluding steroid dienone is 3. The summed E-state index contributed by atoms with van der Waals surface area (Å²) in [6.45, 7) is 2.30. The molecule has 3 aromatic carbocycles. The number of unbranched alkanes of at least 4 members (excludes halogenated alkanes) is 1. The van der Waals surface area contributed by atoms with Crippen LogP contribution in [-0.4, -0.2) is 6.00 Å². The van der Waals surface area contributed by atoms with Crippen molar-refractivity contribution < 1.29 is 49.5 Å². The molecule has 0 bridgehead atoms. The molecule has 36 heavy (non-hydrogen) atoms. The number of hydrogen-bond acceptors (Lipinski definition) is 0. The van der Waals surface area contributed by atoms with Gasteiger partial charge < -0.3 is 24.8 Å². The van der Waals surface area contributed by atoms with Crippen LogP contribution >= 0.6 is 33.2 Å². The third-order valence-electron chi connectivity index (χ3n) is 7.06. The van der Waals surface area contributed by atoms with Gasteiger partial charge in [-0.05, 0) is 0 Å². The van der Waals surface area contributed by atoms with E-state index in [1.165, 1.54) is 44.5 Å². The molecule has 2 unspecified atom stereocenters. The van der Waals surface area contributed by atoms with Crippen molar-refractivity contribution >= 4 is 50.9 Å². The second-order valence-electron chi connectivity index (χ2n) is 9.28. The zero-order valence-electron chi connectivity index (χ0n) is 19.9. The minimum atomic E-state index is -2.56. The summed E-state index contributed by atoms with van der Waals surface area (Å²) in [4.78, 5) is 0. The molecule has 2 aliphatic carbocycles. The van der Waals surface area contributed by atoms with Crippen molar-refractivity contribution in [2.45, 2.75) is 41.8 Å². The van der Waals surface area contributed by atoms with Crippen LogP contribution in [0.4, 0.5) is 0 Å². The van der Waals surface area contributed by atoms with Gasteiger partial charge in [-0.2, -0.15) is 0 Å². The molecule has 0 aromatic heterocycles. The minimum Gasteiger partial charge on any atom is -1.00 e. The Kier molecular flexibility index (Phi) is 10.7. The molecule has 0 amide bonds. The fraction of sp³-hybridized carbons (Fsp3) is 0.241. The molecule has 7 heteroatoms. The van der Waals surface area contributed by atoms with Gasteiger partial charge in [-0.1, -0.05) is 0 Å². The normalized spacial score (nSPS) is 18.2. The standard InChI is InChI=1S/C29H26Cl3Si.2ClH.Zr/c1-20-18-27-24(21-10-3-2-4-11-21)15-9-16-26(27)28(20)29-23(13-7-8-17-33(30,31)32)19-22-12-5-6-14-25(22)29;;;/h2-6,9-12,14-16,18-19,28H,7-8,13,17H2,1H3;2*1H;/q;;;+2/p-2.